The Hall–Kier alpha value is -2.41. The molecular weight excluding hydrogens is 370 g/mol. The molecule has 0 radical (unpaired) electrons. The number of nitrogens with zero attached hydrogens (tertiary/aromatic N) is 2. The fourth-order valence-corrected chi connectivity index (χ4v) is 3.58. The number of ether oxygens (including phenoxy) is 1. The first-order valence-electron chi connectivity index (χ1n) is 10.0. The lowest BCUT2D eigenvalue weighted by Gasteiger charge is -2.38. The van der Waals surface area contributed by atoms with Crippen molar-refractivity contribution in [2.75, 3.05) is 31.1 Å². The monoisotopic (exact) mass is 403 g/mol. The van der Waals surface area contributed by atoms with Crippen molar-refractivity contribution in [2.24, 2.45) is 11.1 Å². The van der Waals surface area contributed by atoms with Crippen LogP contribution in [-0.2, 0) is 14.3 Å². The second-order valence-electron chi connectivity index (χ2n) is 9.28. The van der Waals surface area contributed by atoms with Crippen LogP contribution in [0.5, 0.6) is 0 Å². The number of carbonyl (C=O) groups is 3. The van der Waals surface area contributed by atoms with Crippen LogP contribution in [-0.4, -0.2) is 54.5 Å². The molecule has 2 rings (SSSR count). The number of likely N-dealkylation sites (tertiary alicyclic amines) is 1. The zero-order valence-corrected chi connectivity index (χ0v) is 18.2. The molecule has 0 saturated carbocycles. The Labute approximate surface area is 173 Å². The molecule has 1 heterocycles. The van der Waals surface area contributed by atoms with Crippen molar-refractivity contribution in [3.63, 3.8) is 0 Å². The molecular formula is C22H33N3O4. The van der Waals surface area contributed by atoms with E-state index in [9.17, 15) is 14.4 Å². The molecule has 1 aromatic carbocycles. The lowest BCUT2D eigenvalue weighted by molar-refractivity contribution is -0.153. The molecule has 29 heavy (non-hydrogen) atoms. The molecule has 0 aliphatic carbocycles. The summed E-state index contributed by atoms with van der Waals surface area (Å²) < 4.78 is 5.36. The molecule has 2 amide bonds. The van der Waals surface area contributed by atoms with Crippen LogP contribution < -0.4 is 10.6 Å². The van der Waals surface area contributed by atoms with Crippen LogP contribution in [0.4, 0.5) is 5.69 Å². The topological polar surface area (TPSA) is 92.9 Å². The third-order valence-corrected chi connectivity index (χ3v) is 4.80. The molecule has 160 valence electrons. The average molecular weight is 404 g/mol. The Morgan fingerprint density at radius 1 is 1.21 bits per heavy atom. The summed E-state index contributed by atoms with van der Waals surface area (Å²) in [7, 11) is 0. The summed E-state index contributed by atoms with van der Waals surface area (Å²) in [6.07, 6.45) is 2.00. The predicted molar refractivity (Wildman–Crippen MR) is 113 cm³/mol. The van der Waals surface area contributed by atoms with Crippen molar-refractivity contribution in [3.05, 3.63) is 29.8 Å². The summed E-state index contributed by atoms with van der Waals surface area (Å²) in [6.45, 7) is 10.3. The molecule has 7 nitrogen and oxygen atoms in total. The Morgan fingerprint density at radius 2 is 1.86 bits per heavy atom. The van der Waals surface area contributed by atoms with Gasteiger partial charge in [0.1, 0.15) is 12.1 Å². The van der Waals surface area contributed by atoms with Crippen molar-refractivity contribution in [3.8, 4) is 0 Å². The molecule has 2 N–H and O–H groups in total. The average Bonchev–Trinajstić information content (AvgIpc) is 2.62. The SMILES string of the molecule is CC1(C)CCCN(C(=O)c2ccccc2N(CC(=O)OC(C)(C)C)C(=O)CN)C1. The lowest BCUT2D eigenvalue weighted by atomic mass is 9.84. The molecule has 1 aromatic rings. The summed E-state index contributed by atoms with van der Waals surface area (Å²) in [4.78, 5) is 41.3. The Kier molecular flexibility index (Phi) is 7.06. The van der Waals surface area contributed by atoms with E-state index in [-0.39, 0.29) is 24.4 Å². The minimum atomic E-state index is -0.677. The molecule has 0 atom stereocenters. The van der Waals surface area contributed by atoms with Crippen LogP contribution in [0.1, 0.15) is 57.8 Å². The van der Waals surface area contributed by atoms with Gasteiger partial charge >= 0.3 is 5.97 Å². The van der Waals surface area contributed by atoms with Gasteiger partial charge in [-0.05, 0) is 51.2 Å². The maximum Gasteiger partial charge on any atom is 0.326 e. The fourth-order valence-electron chi connectivity index (χ4n) is 3.58. The highest BCUT2D eigenvalue weighted by atomic mass is 16.6. The van der Waals surface area contributed by atoms with Crippen LogP contribution >= 0.6 is 0 Å². The molecule has 1 aliphatic heterocycles. The Morgan fingerprint density at radius 3 is 2.45 bits per heavy atom. The van der Waals surface area contributed by atoms with E-state index in [4.69, 9.17) is 10.5 Å². The van der Waals surface area contributed by atoms with Gasteiger partial charge in [-0.2, -0.15) is 0 Å². The number of piperidine rings is 1. The maximum atomic E-state index is 13.3. The normalized spacial score (nSPS) is 16.3. The third kappa shape index (κ3) is 6.29. The number of hydrogen-bond acceptors (Lipinski definition) is 5. The number of nitrogens with two attached hydrogens (primary N) is 1. The van der Waals surface area contributed by atoms with E-state index in [0.29, 0.717) is 24.3 Å². The molecule has 7 heteroatoms. The van der Waals surface area contributed by atoms with Gasteiger partial charge in [0.25, 0.3) is 5.91 Å². The largest absolute Gasteiger partial charge is 0.459 e. The number of benzene rings is 1. The first-order valence-corrected chi connectivity index (χ1v) is 10.0. The zero-order valence-electron chi connectivity index (χ0n) is 18.2. The van der Waals surface area contributed by atoms with Gasteiger partial charge in [0.05, 0.1) is 17.8 Å². The van der Waals surface area contributed by atoms with E-state index in [0.717, 1.165) is 12.8 Å². The summed E-state index contributed by atoms with van der Waals surface area (Å²) in [5.74, 6) is -1.15. The van der Waals surface area contributed by atoms with Gasteiger partial charge in [0.2, 0.25) is 5.91 Å². The zero-order chi connectivity index (χ0) is 21.8. The van der Waals surface area contributed by atoms with E-state index in [1.165, 1.54) is 4.90 Å². The van der Waals surface area contributed by atoms with E-state index in [2.05, 4.69) is 13.8 Å². The summed E-state index contributed by atoms with van der Waals surface area (Å²) in [5, 5.41) is 0. The molecule has 0 unspecified atom stereocenters. The summed E-state index contributed by atoms with van der Waals surface area (Å²) >= 11 is 0. The Balaban J connectivity index is 2.34. The minimum absolute atomic E-state index is 0.0478. The number of anilines is 1. The molecule has 0 spiro atoms. The number of carbonyl (C=O) groups excluding carboxylic acids is 3. The van der Waals surface area contributed by atoms with Gasteiger partial charge in [0.15, 0.2) is 0 Å². The first-order chi connectivity index (χ1) is 13.4. The highest BCUT2D eigenvalue weighted by Gasteiger charge is 2.32. The van der Waals surface area contributed by atoms with E-state index >= 15 is 0 Å². The fraction of sp³-hybridized carbons (Fsp3) is 0.591. The van der Waals surface area contributed by atoms with Gasteiger partial charge in [-0.3, -0.25) is 19.3 Å². The number of hydrogen-bond donors (Lipinski definition) is 1. The van der Waals surface area contributed by atoms with Crippen molar-refractivity contribution in [1.29, 1.82) is 0 Å². The number of rotatable bonds is 5. The number of esters is 1. The second-order valence-corrected chi connectivity index (χ2v) is 9.28. The van der Waals surface area contributed by atoms with Gasteiger partial charge in [-0.1, -0.05) is 26.0 Å². The molecule has 1 aliphatic rings. The maximum absolute atomic E-state index is 13.3. The van der Waals surface area contributed by atoms with Gasteiger partial charge < -0.3 is 15.4 Å². The Bertz CT molecular complexity index is 768. The van der Waals surface area contributed by atoms with E-state index in [1.807, 2.05) is 4.90 Å². The first kappa shape index (κ1) is 22.9. The number of para-hydroxylation sites is 1. The van der Waals surface area contributed by atoms with Crippen molar-refractivity contribution in [1.82, 2.24) is 4.90 Å². The number of amides is 2. The van der Waals surface area contributed by atoms with Gasteiger partial charge in [-0.25, -0.2) is 0 Å². The third-order valence-electron chi connectivity index (χ3n) is 4.80. The summed E-state index contributed by atoms with van der Waals surface area (Å²) in [6, 6.07) is 6.84. The second kappa shape index (κ2) is 8.95. The standard InChI is InChI=1S/C22H33N3O4/c1-21(2,3)29-19(27)14-25(18(26)13-23)17-10-7-6-9-16(17)20(28)24-12-8-11-22(4,5)15-24/h6-7,9-10H,8,11-15,23H2,1-5H3. The minimum Gasteiger partial charge on any atom is -0.459 e. The lowest BCUT2D eigenvalue weighted by Crippen LogP contribution is -2.45. The van der Waals surface area contributed by atoms with E-state index in [1.54, 1.807) is 45.0 Å². The molecule has 1 fully saturated rings. The highest BCUT2D eigenvalue weighted by molar-refractivity contribution is 6.06. The van der Waals surface area contributed by atoms with Crippen molar-refractivity contribution < 1.29 is 19.1 Å². The van der Waals surface area contributed by atoms with Crippen LogP contribution in [0, 0.1) is 5.41 Å². The molecule has 0 bridgehead atoms. The molecule has 0 aromatic heterocycles. The molecule has 1 saturated heterocycles. The quantitative estimate of drug-likeness (QED) is 0.763. The predicted octanol–water partition coefficient (Wildman–Crippen LogP) is 2.58. The highest BCUT2D eigenvalue weighted by Crippen LogP contribution is 2.31. The van der Waals surface area contributed by atoms with Crippen molar-refractivity contribution >= 4 is 23.5 Å². The smallest absolute Gasteiger partial charge is 0.326 e. The van der Waals surface area contributed by atoms with Gasteiger partial charge in [0, 0.05) is 13.1 Å². The van der Waals surface area contributed by atoms with Crippen LogP contribution in [0.2, 0.25) is 0 Å². The van der Waals surface area contributed by atoms with E-state index < -0.39 is 17.5 Å². The van der Waals surface area contributed by atoms with Crippen LogP contribution in [0.15, 0.2) is 24.3 Å². The van der Waals surface area contributed by atoms with Crippen LogP contribution in [0.3, 0.4) is 0 Å². The summed E-state index contributed by atoms with van der Waals surface area (Å²) in [5.41, 5.74) is 5.71. The van der Waals surface area contributed by atoms with Crippen molar-refractivity contribution in [2.45, 2.75) is 53.1 Å². The van der Waals surface area contributed by atoms with Crippen LogP contribution in [0.25, 0.3) is 0 Å². The van der Waals surface area contributed by atoms with Gasteiger partial charge in [-0.15, -0.1) is 0 Å².